The molecule has 0 spiro atoms. The van der Waals surface area contributed by atoms with E-state index < -0.39 is 6.10 Å². The first-order chi connectivity index (χ1) is 11.8. The topological polar surface area (TPSA) is 75.5 Å². The summed E-state index contributed by atoms with van der Waals surface area (Å²) in [6.45, 7) is 1.63. The lowest BCUT2D eigenvalue weighted by Gasteiger charge is -2.24. The van der Waals surface area contributed by atoms with E-state index in [0.29, 0.717) is 36.5 Å². The van der Waals surface area contributed by atoms with E-state index in [2.05, 4.69) is 15.0 Å². The number of thiophene rings is 1. The lowest BCUT2D eigenvalue weighted by Crippen LogP contribution is -2.30. The third kappa shape index (κ3) is 3.28. The van der Waals surface area contributed by atoms with Gasteiger partial charge in [-0.15, -0.1) is 0 Å². The summed E-state index contributed by atoms with van der Waals surface area (Å²) in [6.07, 6.45) is 3.86. The molecule has 6 nitrogen and oxygen atoms in total. The van der Waals surface area contributed by atoms with Gasteiger partial charge in [-0.2, -0.15) is 16.3 Å². The lowest BCUT2D eigenvalue weighted by molar-refractivity contribution is 0.0984. The Balaban J connectivity index is 1.40. The van der Waals surface area contributed by atoms with Crippen LogP contribution < -0.4 is 0 Å². The summed E-state index contributed by atoms with van der Waals surface area (Å²) in [5, 5.41) is 18.4. The third-order valence-corrected chi connectivity index (χ3v) is 5.13. The van der Waals surface area contributed by atoms with Crippen molar-refractivity contribution >= 4 is 11.3 Å². The number of nitrogens with zero attached hydrogens (tertiary/aromatic N) is 3. The van der Waals surface area contributed by atoms with Gasteiger partial charge in [0.15, 0.2) is 5.82 Å². The van der Waals surface area contributed by atoms with Crippen LogP contribution in [0.2, 0.25) is 0 Å². The van der Waals surface area contributed by atoms with E-state index in [9.17, 15) is 5.11 Å². The van der Waals surface area contributed by atoms with Gasteiger partial charge in [-0.3, -0.25) is 4.90 Å². The van der Waals surface area contributed by atoms with Crippen LogP contribution >= 0.6 is 11.3 Å². The van der Waals surface area contributed by atoms with Gasteiger partial charge in [0.25, 0.3) is 5.89 Å². The maximum absolute atomic E-state index is 10.3. The van der Waals surface area contributed by atoms with E-state index >= 15 is 0 Å². The van der Waals surface area contributed by atoms with Gasteiger partial charge < -0.3 is 14.0 Å². The highest BCUT2D eigenvalue weighted by Gasteiger charge is 2.29. The molecule has 24 heavy (non-hydrogen) atoms. The van der Waals surface area contributed by atoms with E-state index in [1.807, 2.05) is 22.9 Å². The van der Waals surface area contributed by atoms with Crippen LogP contribution in [0.5, 0.6) is 0 Å². The number of hydrogen-bond donors (Lipinski definition) is 1. The smallest absolute Gasteiger partial charge is 0.258 e. The molecule has 0 radical (unpaired) electrons. The number of likely N-dealkylation sites (tertiary alicyclic amines) is 1. The normalized spacial score (nSPS) is 19.8. The Morgan fingerprint density at radius 3 is 3.17 bits per heavy atom. The fourth-order valence-electron chi connectivity index (χ4n) is 3.23. The van der Waals surface area contributed by atoms with Crippen LogP contribution in [0.15, 0.2) is 44.2 Å². The van der Waals surface area contributed by atoms with Crippen molar-refractivity contribution in [3.05, 3.63) is 46.8 Å². The van der Waals surface area contributed by atoms with Gasteiger partial charge in [0, 0.05) is 11.4 Å². The van der Waals surface area contributed by atoms with Crippen LogP contribution in [0.25, 0.3) is 11.5 Å². The molecule has 126 valence electrons. The lowest BCUT2D eigenvalue weighted by atomic mass is 10.1. The van der Waals surface area contributed by atoms with Gasteiger partial charge in [0.05, 0.1) is 18.4 Å². The van der Waals surface area contributed by atoms with Gasteiger partial charge in [0.2, 0.25) is 0 Å². The molecule has 1 fully saturated rings. The zero-order valence-corrected chi connectivity index (χ0v) is 14.0. The summed E-state index contributed by atoms with van der Waals surface area (Å²) in [6, 6.07) is 5.89. The summed E-state index contributed by atoms with van der Waals surface area (Å²) in [4.78, 5) is 6.80. The molecule has 0 saturated carbocycles. The van der Waals surface area contributed by atoms with Crippen molar-refractivity contribution in [1.29, 1.82) is 0 Å². The molecule has 3 aromatic heterocycles. The second kappa shape index (κ2) is 6.88. The van der Waals surface area contributed by atoms with Crippen molar-refractivity contribution in [1.82, 2.24) is 15.0 Å². The monoisotopic (exact) mass is 345 g/mol. The standard InChI is InChI=1S/C17H19N3O3S/c21-14(15-4-2-7-22-15)9-13-3-1-6-20(13)10-16-18-17(23-19-16)12-5-8-24-11-12/h2,4-5,7-8,11,13-14,21H,1,3,6,9-10H2. The van der Waals surface area contributed by atoms with Crippen molar-refractivity contribution in [2.75, 3.05) is 6.54 Å². The molecular weight excluding hydrogens is 326 g/mol. The molecule has 0 aromatic carbocycles. The van der Waals surface area contributed by atoms with Crippen molar-refractivity contribution < 1.29 is 14.0 Å². The average Bonchev–Trinajstić information content (AvgIpc) is 3.37. The highest BCUT2D eigenvalue weighted by molar-refractivity contribution is 7.08. The van der Waals surface area contributed by atoms with Gasteiger partial charge >= 0.3 is 0 Å². The van der Waals surface area contributed by atoms with Crippen LogP contribution in [0, 0.1) is 0 Å². The Morgan fingerprint density at radius 1 is 1.42 bits per heavy atom. The second-order valence-electron chi connectivity index (χ2n) is 6.06. The van der Waals surface area contributed by atoms with Crippen molar-refractivity contribution in [2.24, 2.45) is 0 Å². The number of rotatable bonds is 6. The molecule has 4 heterocycles. The first kappa shape index (κ1) is 15.6. The zero-order valence-electron chi connectivity index (χ0n) is 13.2. The molecule has 3 aromatic rings. The minimum atomic E-state index is -0.572. The molecule has 0 aliphatic carbocycles. The van der Waals surface area contributed by atoms with Gasteiger partial charge in [-0.25, -0.2) is 0 Å². The summed E-state index contributed by atoms with van der Waals surface area (Å²) >= 11 is 1.61. The zero-order chi connectivity index (χ0) is 16.4. The Hall–Kier alpha value is -1.96. The number of aromatic nitrogens is 2. The minimum absolute atomic E-state index is 0.299. The van der Waals surface area contributed by atoms with Crippen LogP contribution in [0.4, 0.5) is 0 Å². The molecule has 0 amide bonds. The van der Waals surface area contributed by atoms with E-state index in [4.69, 9.17) is 8.94 Å². The quantitative estimate of drug-likeness (QED) is 0.737. The molecule has 7 heteroatoms. The summed E-state index contributed by atoms with van der Waals surface area (Å²) in [5.74, 6) is 1.88. The number of aliphatic hydroxyl groups is 1. The van der Waals surface area contributed by atoms with Crippen LogP contribution in [0.1, 0.15) is 37.0 Å². The Bertz CT molecular complexity index is 754. The summed E-state index contributed by atoms with van der Waals surface area (Å²) in [7, 11) is 0. The SMILES string of the molecule is OC(CC1CCCN1Cc1noc(-c2ccsc2)n1)c1ccco1. The predicted octanol–water partition coefficient (Wildman–Crippen LogP) is 3.48. The van der Waals surface area contributed by atoms with E-state index in [1.165, 1.54) is 0 Å². The fourth-order valence-corrected chi connectivity index (χ4v) is 3.86. The molecule has 2 unspecified atom stereocenters. The average molecular weight is 345 g/mol. The van der Waals surface area contributed by atoms with Crippen molar-refractivity contribution in [3.8, 4) is 11.5 Å². The maximum atomic E-state index is 10.3. The van der Waals surface area contributed by atoms with Gasteiger partial charge in [0.1, 0.15) is 11.9 Å². The van der Waals surface area contributed by atoms with Crippen LogP contribution in [-0.4, -0.2) is 32.7 Å². The Morgan fingerprint density at radius 2 is 2.38 bits per heavy atom. The largest absolute Gasteiger partial charge is 0.467 e. The second-order valence-corrected chi connectivity index (χ2v) is 6.84. The first-order valence-corrected chi connectivity index (χ1v) is 9.04. The number of hydrogen-bond acceptors (Lipinski definition) is 7. The molecular formula is C17H19N3O3S. The Kier molecular flexibility index (Phi) is 4.46. The van der Waals surface area contributed by atoms with Crippen LogP contribution in [-0.2, 0) is 6.54 Å². The van der Waals surface area contributed by atoms with Gasteiger partial charge in [-0.1, -0.05) is 5.16 Å². The minimum Gasteiger partial charge on any atom is -0.467 e. The van der Waals surface area contributed by atoms with Gasteiger partial charge in [-0.05, 0) is 49.4 Å². The number of furan rings is 1. The third-order valence-electron chi connectivity index (χ3n) is 4.45. The predicted molar refractivity (Wildman–Crippen MR) is 89.3 cm³/mol. The molecule has 4 rings (SSSR count). The molecule has 1 aliphatic rings. The molecule has 0 bridgehead atoms. The molecule has 1 saturated heterocycles. The highest BCUT2D eigenvalue weighted by Crippen LogP contribution is 2.29. The van der Waals surface area contributed by atoms with E-state index in [1.54, 1.807) is 23.7 Å². The van der Waals surface area contributed by atoms with Crippen LogP contribution in [0.3, 0.4) is 0 Å². The summed E-state index contributed by atoms with van der Waals surface area (Å²) in [5.41, 5.74) is 0.963. The Labute approximate surface area is 143 Å². The van der Waals surface area contributed by atoms with E-state index in [-0.39, 0.29) is 0 Å². The number of aliphatic hydroxyl groups excluding tert-OH is 1. The first-order valence-electron chi connectivity index (χ1n) is 8.10. The maximum Gasteiger partial charge on any atom is 0.258 e. The molecule has 1 N–H and O–H groups in total. The van der Waals surface area contributed by atoms with E-state index in [0.717, 1.165) is 24.9 Å². The van der Waals surface area contributed by atoms with Crippen molar-refractivity contribution in [3.63, 3.8) is 0 Å². The summed E-state index contributed by atoms with van der Waals surface area (Å²) < 4.78 is 10.6. The highest BCUT2D eigenvalue weighted by atomic mass is 32.1. The van der Waals surface area contributed by atoms with Crippen molar-refractivity contribution in [2.45, 2.75) is 38.0 Å². The molecule has 1 aliphatic heterocycles. The molecule has 2 atom stereocenters. The fraction of sp³-hybridized carbons (Fsp3) is 0.412.